The van der Waals surface area contributed by atoms with Crippen molar-refractivity contribution in [1.29, 1.82) is 0 Å². The van der Waals surface area contributed by atoms with Crippen LogP contribution in [0.25, 0.3) is 6.08 Å². The number of rotatable bonds is 7. The van der Waals surface area contributed by atoms with E-state index in [1.807, 2.05) is 43.0 Å². The second-order valence-electron chi connectivity index (χ2n) is 7.32. The predicted octanol–water partition coefficient (Wildman–Crippen LogP) is 3.62. The summed E-state index contributed by atoms with van der Waals surface area (Å²) in [6.07, 6.45) is 10.3. The van der Waals surface area contributed by atoms with E-state index >= 15 is 0 Å². The predicted molar refractivity (Wildman–Crippen MR) is 125 cm³/mol. The highest BCUT2D eigenvalue weighted by molar-refractivity contribution is 8.04. The Bertz CT molecular complexity index is 919. The number of carbonyl (C=O) groups excluding carboxylic acids is 2. The average molecular weight is 440 g/mol. The molecular weight excluding hydrogens is 410 g/mol. The third-order valence-electron chi connectivity index (χ3n) is 5.30. The van der Waals surface area contributed by atoms with E-state index in [0.717, 1.165) is 22.6 Å². The summed E-state index contributed by atoms with van der Waals surface area (Å²) in [5.41, 5.74) is 2.13. The van der Waals surface area contributed by atoms with Crippen LogP contribution in [0.1, 0.15) is 32.3 Å². The molecule has 2 aliphatic heterocycles. The maximum absolute atomic E-state index is 12.7. The molecule has 0 saturated carbocycles. The fourth-order valence-corrected chi connectivity index (χ4v) is 5.40. The number of thioether (sulfide) groups is 1. The van der Waals surface area contributed by atoms with Gasteiger partial charge in [0.25, 0.3) is 0 Å². The van der Waals surface area contributed by atoms with Crippen molar-refractivity contribution in [3.8, 4) is 18.1 Å². The summed E-state index contributed by atoms with van der Waals surface area (Å²) in [5, 5.41) is 5.83. The summed E-state index contributed by atoms with van der Waals surface area (Å²) in [4.78, 5) is 27.8. The van der Waals surface area contributed by atoms with Crippen LogP contribution in [-0.4, -0.2) is 48.5 Å². The van der Waals surface area contributed by atoms with Gasteiger partial charge >= 0.3 is 6.03 Å². The van der Waals surface area contributed by atoms with Gasteiger partial charge < -0.3 is 20.3 Å². The summed E-state index contributed by atoms with van der Waals surface area (Å²) in [6.45, 7) is 6.24. The van der Waals surface area contributed by atoms with Crippen LogP contribution in [-0.2, 0) is 4.79 Å². The number of ether oxygens (including phenoxy) is 1. The molecule has 0 radical (unpaired) electrons. The zero-order chi connectivity index (χ0) is 22.2. The minimum Gasteiger partial charge on any atom is -0.493 e. The molecule has 1 aromatic carbocycles. The van der Waals surface area contributed by atoms with Gasteiger partial charge in [0, 0.05) is 42.0 Å². The quantitative estimate of drug-likeness (QED) is 0.503. The summed E-state index contributed by atoms with van der Waals surface area (Å²) >= 11 is 1.62. The monoisotopic (exact) mass is 439 g/mol. The van der Waals surface area contributed by atoms with E-state index in [1.54, 1.807) is 17.8 Å². The number of terminal acetylenes is 1. The van der Waals surface area contributed by atoms with Crippen molar-refractivity contribution in [1.82, 2.24) is 15.5 Å². The van der Waals surface area contributed by atoms with Crippen LogP contribution in [0.4, 0.5) is 4.79 Å². The minimum atomic E-state index is -0.175. The van der Waals surface area contributed by atoms with E-state index in [2.05, 4.69) is 16.6 Å². The summed E-state index contributed by atoms with van der Waals surface area (Å²) in [5.74, 6) is 3.42. The third kappa shape index (κ3) is 5.65. The minimum absolute atomic E-state index is 0.0495. The second kappa shape index (κ2) is 11.0. The lowest BCUT2D eigenvalue weighted by Crippen LogP contribution is -2.43. The molecule has 0 bridgehead atoms. The van der Waals surface area contributed by atoms with Gasteiger partial charge in [-0.25, -0.2) is 4.79 Å². The van der Waals surface area contributed by atoms with E-state index in [-0.39, 0.29) is 23.2 Å². The third-order valence-corrected chi connectivity index (χ3v) is 6.67. The van der Waals surface area contributed by atoms with E-state index < -0.39 is 0 Å². The molecule has 0 spiro atoms. The average Bonchev–Trinajstić information content (AvgIpc) is 3.10. The van der Waals surface area contributed by atoms with E-state index in [4.69, 9.17) is 11.2 Å². The first-order chi connectivity index (χ1) is 15.1. The molecule has 2 heterocycles. The van der Waals surface area contributed by atoms with Gasteiger partial charge in [-0.05, 0) is 32.4 Å². The zero-order valence-corrected chi connectivity index (χ0v) is 18.8. The fourth-order valence-electron chi connectivity index (χ4n) is 3.85. The van der Waals surface area contributed by atoms with Crippen molar-refractivity contribution >= 4 is 29.8 Å². The molecule has 2 atom stereocenters. The highest BCUT2D eigenvalue weighted by Crippen LogP contribution is 2.46. The Morgan fingerprint density at radius 3 is 2.90 bits per heavy atom. The molecule has 0 aromatic heterocycles. The lowest BCUT2D eigenvalue weighted by molar-refractivity contribution is -0.116. The Balaban J connectivity index is 1.66. The standard InChI is InChI=1S/C24H29N3O3S/c1-4-9-19-18-14-15-27(24(29)25-5-2)16-21(18)31-23(19)26-22(28)13-12-17-10-7-8-11-20(17)30-6-3/h1,7-8,10-13,19,23H,5-6,9,14-16H2,2-3H3,(H,25,29)(H,26,28)/b13-12+. The Hall–Kier alpha value is -2.85. The van der Waals surface area contributed by atoms with Crippen LogP contribution in [0.15, 0.2) is 40.8 Å². The van der Waals surface area contributed by atoms with Gasteiger partial charge in [-0.2, -0.15) is 0 Å². The fraction of sp³-hybridized carbons (Fsp3) is 0.417. The van der Waals surface area contributed by atoms with Crippen molar-refractivity contribution in [2.45, 2.75) is 32.1 Å². The molecule has 164 valence electrons. The van der Waals surface area contributed by atoms with Crippen molar-refractivity contribution in [2.75, 3.05) is 26.2 Å². The van der Waals surface area contributed by atoms with Crippen LogP contribution in [0.2, 0.25) is 0 Å². The van der Waals surface area contributed by atoms with Crippen molar-refractivity contribution < 1.29 is 14.3 Å². The lowest BCUT2D eigenvalue weighted by Gasteiger charge is -2.29. The van der Waals surface area contributed by atoms with Gasteiger partial charge in [-0.3, -0.25) is 4.79 Å². The molecular formula is C24H29N3O3S. The Labute approximate surface area is 188 Å². The number of urea groups is 1. The van der Waals surface area contributed by atoms with Crippen molar-refractivity contribution in [3.63, 3.8) is 0 Å². The first-order valence-electron chi connectivity index (χ1n) is 10.6. The number of para-hydroxylation sites is 1. The lowest BCUT2D eigenvalue weighted by atomic mass is 9.91. The first-order valence-corrected chi connectivity index (χ1v) is 11.5. The largest absolute Gasteiger partial charge is 0.493 e. The second-order valence-corrected chi connectivity index (χ2v) is 8.56. The van der Waals surface area contributed by atoms with Crippen LogP contribution in [0.3, 0.4) is 0 Å². The summed E-state index contributed by atoms with van der Waals surface area (Å²) in [6, 6.07) is 7.56. The van der Waals surface area contributed by atoms with Crippen LogP contribution < -0.4 is 15.4 Å². The van der Waals surface area contributed by atoms with Crippen LogP contribution in [0.5, 0.6) is 5.75 Å². The highest BCUT2D eigenvalue weighted by atomic mass is 32.2. The molecule has 0 aliphatic carbocycles. The van der Waals surface area contributed by atoms with E-state index in [0.29, 0.717) is 32.7 Å². The molecule has 0 fully saturated rings. The Morgan fingerprint density at radius 1 is 1.35 bits per heavy atom. The number of carbonyl (C=O) groups is 2. The first kappa shape index (κ1) is 22.8. The maximum atomic E-state index is 12.7. The molecule has 3 amide bonds. The Kier molecular flexibility index (Phi) is 8.07. The van der Waals surface area contributed by atoms with Crippen molar-refractivity contribution in [2.24, 2.45) is 5.92 Å². The molecule has 6 nitrogen and oxygen atoms in total. The van der Waals surface area contributed by atoms with Gasteiger partial charge in [0.05, 0.1) is 18.5 Å². The number of nitrogens with one attached hydrogen (secondary N) is 2. The van der Waals surface area contributed by atoms with Crippen LogP contribution in [0, 0.1) is 18.3 Å². The molecule has 31 heavy (non-hydrogen) atoms. The summed E-state index contributed by atoms with van der Waals surface area (Å²) in [7, 11) is 0. The number of amides is 3. The van der Waals surface area contributed by atoms with Gasteiger partial charge in [0.2, 0.25) is 5.91 Å². The normalized spacial score (nSPS) is 20.4. The zero-order valence-electron chi connectivity index (χ0n) is 18.0. The SMILES string of the molecule is C#CCC1C2=C(CN(C(=O)NCC)CC2)SC1NC(=O)/C=C/c1ccccc1OCC. The number of nitrogens with zero attached hydrogens (tertiary/aromatic N) is 1. The van der Waals surface area contributed by atoms with E-state index in [1.165, 1.54) is 11.6 Å². The molecule has 1 aromatic rings. The topological polar surface area (TPSA) is 70.7 Å². The van der Waals surface area contributed by atoms with Crippen molar-refractivity contribution in [3.05, 3.63) is 46.4 Å². The molecule has 0 saturated heterocycles. The Morgan fingerprint density at radius 2 is 2.16 bits per heavy atom. The van der Waals surface area contributed by atoms with Gasteiger partial charge in [-0.1, -0.05) is 23.8 Å². The molecule has 2 unspecified atom stereocenters. The van der Waals surface area contributed by atoms with Crippen LogP contribution >= 0.6 is 11.8 Å². The van der Waals surface area contributed by atoms with Gasteiger partial charge in [0.15, 0.2) is 0 Å². The molecule has 7 heteroatoms. The smallest absolute Gasteiger partial charge is 0.317 e. The number of benzene rings is 1. The van der Waals surface area contributed by atoms with Gasteiger partial charge in [-0.15, -0.1) is 24.1 Å². The molecule has 2 N–H and O–H groups in total. The molecule has 2 aliphatic rings. The van der Waals surface area contributed by atoms with Gasteiger partial charge in [0.1, 0.15) is 5.75 Å². The maximum Gasteiger partial charge on any atom is 0.317 e. The number of hydrogen-bond acceptors (Lipinski definition) is 4. The summed E-state index contributed by atoms with van der Waals surface area (Å²) < 4.78 is 5.61. The highest BCUT2D eigenvalue weighted by Gasteiger charge is 2.38. The van der Waals surface area contributed by atoms with E-state index in [9.17, 15) is 9.59 Å². The number of hydrogen-bond donors (Lipinski definition) is 2. The molecule has 3 rings (SSSR count).